The first-order chi connectivity index (χ1) is 9.85. The maximum absolute atomic E-state index is 8.74. The number of nitrogens with zero attached hydrogens (tertiary/aromatic N) is 3. The van der Waals surface area contributed by atoms with Gasteiger partial charge in [0.15, 0.2) is 5.82 Å². The quantitative estimate of drug-likeness (QED) is 0.730. The van der Waals surface area contributed by atoms with Crippen LogP contribution >= 0.6 is 11.5 Å². The minimum absolute atomic E-state index is 0.480. The highest BCUT2D eigenvalue weighted by Crippen LogP contribution is 2.26. The molecule has 0 aliphatic carbocycles. The molecule has 0 saturated heterocycles. The molecular weight excluding hydrogens is 270 g/mol. The summed E-state index contributed by atoms with van der Waals surface area (Å²) in [7, 11) is 0. The van der Waals surface area contributed by atoms with Gasteiger partial charge in [0, 0.05) is 17.1 Å². The van der Waals surface area contributed by atoms with Crippen molar-refractivity contribution in [2.45, 2.75) is 0 Å². The van der Waals surface area contributed by atoms with Crippen LogP contribution < -0.4 is 4.74 Å². The van der Waals surface area contributed by atoms with E-state index in [1.165, 1.54) is 11.5 Å². The van der Waals surface area contributed by atoms with Crippen molar-refractivity contribution in [1.82, 2.24) is 9.36 Å². The molecule has 0 unspecified atom stereocenters. The fourth-order valence-electron chi connectivity index (χ4n) is 1.65. The van der Waals surface area contributed by atoms with Gasteiger partial charge in [-0.25, -0.2) is 0 Å². The number of hydrogen-bond acceptors (Lipinski definition) is 5. The van der Waals surface area contributed by atoms with E-state index in [4.69, 9.17) is 10.00 Å². The zero-order valence-electron chi connectivity index (χ0n) is 10.4. The first kappa shape index (κ1) is 12.3. The van der Waals surface area contributed by atoms with Crippen LogP contribution in [0.2, 0.25) is 0 Å². The Hall–Kier alpha value is -2.71. The number of ether oxygens (including phenoxy) is 1. The molecular formula is C15H9N3OS. The van der Waals surface area contributed by atoms with Crippen LogP contribution in [0.15, 0.2) is 54.6 Å². The molecule has 20 heavy (non-hydrogen) atoms. The third kappa shape index (κ3) is 2.66. The van der Waals surface area contributed by atoms with Crippen molar-refractivity contribution in [3.8, 4) is 28.4 Å². The normalized spacial score (nSPS) is 9.95. The monoisotopic (exact) mass is 279 g/mol. The average molecular weight is 279 g/mol. The lowest BCUT2D eigenvalue weighted by Gasteiger charge is -1.99. The van der Waals surface area contributed by atoms with Crippen molar-refractivity contribution in [3.05, 3.63) is 60.2 Å². The summed E-state index contributed by atoms with van der Waals surface area (Å²) in [5, 5.41) is 9.22. The Bertz CT molecular complexity index is 745. The fraction of sp³-hybridized carbons (Fsp3) is 0. The second-order valence-electron chi connectivity index (χ2n) is 3.99. The highest BCUT2D eigenvalue weighted by atomic mass is 32.1. The van der Waals surface area contributed by atoms with E-state index in [1.807, 2.05) is 30.3 Å². The molecule has 0 atom stereocenters. The highest BCUT2D eigenvalue weighted by Gasteiger charge is 2.07. The van der Waals surface area contributed by atoms with Gasteiger partial charge in [-0.3, -0.25) is 0 Å². The zero-order chi connectivity index (χ0) is 13.8. The Morgan fingerprint density at radius 2 is 1.75 bits per heavy atom. The molecule has 1 aromatic heterocycles. The lowest BCUT2D eigenvalue weighted by atomic mass is 10.2. The van der Waals surface area contributed by atoms with Gasteiger partial charge in [-0.1, -0.05) is 30.3 Å². The van der Waals surface area contributed by atoms with Gasteiger partial charge in [0.25, 0.3) is 5.19 Å². The minimum Gasteiger partial charge on any atom is -0.430 e. The van der Waals surface area contributed by atoms with Crippen molar-refractivity contribution in [2.24, 2.45) is 0 Å². The molecule has 0 bridgehead atoms. The predicted molar refractivity (Wildman–Crippen MR) is 76.6 cm³/mol. The molecule has 5 heteroatoms. The Labute approximate surface area is 120 Å². The van der Waals surface area contributed by atoms with Crippen molar-refractivity contribution in [2.75, 3.05) is 0 Å². The summed E-state index contributed by atoms with van der Waals surface area (Å²) in [5.41, 5.74) is 1.55. The maximum atomic E-state index is 8.74. The number of hydrogen-bond donors (Lipinski definition) is 0. The Kier molecular flexibility index (Phi) is 3.40. The molecule has 0 amide bonds. The second kappa shape index (κ2) is 5.51. The number of aromatic nitrogens is 2. The molecule has 0 radical (unpaired) electrons. The number of benzene rings is 2. The van der Waals surface area contributed by atoms with Gasteiger partial charge < -0.3 is 4.74 Å². The molecule has 3 aromatic rings. The van der Waals surface area contributed by atoms with Gasteiger partial charge in [0.1, 0.15) is 5.75 Å². The summed E-state index contributed by atoms with van der Waals surface area (Å²) >= 11 is 1.20. The van der Waals surface area contributed by atoms with Crippen LogP contribution in [0.5, 0.6) is 10.9 Å². The van der Waals surface area contributed by atoms with E-state index in [0.717, 1.165) is 5.56 Å². The van der Waals surface area contributed by atoms with Crippen LogP contribution in [0.4, 0.5) is 0 Å². The van der Waals surface area contributed by atoms with E-state index < -0.39 is 0 Å². The lowest BCUT2D eigenvalue weighted by molar-refractivity contribution is 0.479. The van der Waals surface area contributed by atoms with E-state index in [-0.39, 0.29) is 0 Å². The fourth-order valence-corrected chi connectivity index (χ4v) is 2.23. The first-order valence-corrected chi connectivity index (χ1v) is 6.69. The summed E-state index contributed by atoms with van der Waals surface area (Å²) in [6.07, 6.45) is 0. The van der Waals surface area contributed by atoms with E-state index in [9.17, 15) is 0 Å². The Balaban J connectivity index is 1.79. The van der Waals surface area contributed by atoms with Gasteiger partial charge >= 0.3 is 0 Å². The topological polar surface area (TPSA) is 58.8 Å². The summed E-state index contributed by atoms with van der Waals surface area (Å²) in [4.78, 5) is 4.34. The smallest absolute Gasteiger partial charge is 0.299 e. The molecule has 2 aromatic carbocycles. The average Bonchev–Trinajstić information content (AvgIpc) is 2.97. The van der Waals surface area contributed by atoms with Gasteiger partial charge in [0.05, 0.1) is 11.6 Å². The molecule has 1 heterocycles. The van der Waals surface area contributed by atoms with Gasteiger partial charge in [-0.15, -0.1) is 0 Å². The Morgan fingerprint density at radius 1 is 1.00 bits per heavy atom. The molecule has 0 saturated carbocycles. The van der Waals surface area contributed by atoms with Gasteiger partial charge in [-0.05, 0) is 24.3 Å². The van der Waals surface area contributed by atoms with Crippen LogP contribution in [-0.4, -0.2) is 9.36 Å². The lowest BCUT2D eigenvalue weighted by Crippen LogP contribution is -1.84. The number of nitriles is 1. The van der Waals surface area contributed by atoms with Crippen LogP contribution in [0, 0.1) is 11.3 Å². The standard InChI is InChI=1S/C15H9N3OS/c16-10-11-6-8-13(9-7-11)19-15-17-14(18-20-15)12-4-2-1-3-5-12/h1-9H. The predicted octanol–water partition coefficient (Wildman–Crippen LogP) is 3.87. The second-order valence-corrected chi connectivity index (χ2v) is 4.70. The van der Waals surface area contributed by atoms with Crippen molar-refractivity contribution < 1.29 is 4.74 Å². The van der Waals surface area contributed by atoms with Crippen LogP contribution in [0.1, 0.15) is 5.56 Å². The van der Waals surface area contributed by atoms with Crippen molar-refractivity contribution in [1.29, 1.82) is 5.26 Å². The molecule has 0 N–H and O–H groups in total. The molecule has 0 spiro atoms. The van der Waals surface area contributed by atoms with Crippen molar-refractivity contribution in [3.63, 3.8) is 0 Å². The summed E-state index contributed by atoms with van der Waals surface area (Å²) < 4.78 is 9.89. The third-order valence-corrected chi connectivity index (χ3v) is 3.22. The number of rotatable bonds is 3. The zero-order valence-corrected chi connectivity index (χ0v) is 11.2. The highest BCUT2D eigenvalue weighted by molar-refractivity contribution is 7.07. The van der Waals surface area contributed by atoms with Crippen LogP contribution in [0.3, 0.4) is 0 Å². The summed E-state index contributed by atoms with van der Waals surface area (Å²) in [6, 6.07) is 18.7. The van der Waals surface area contributed by atoms with Gasteiger partial charge in [0.2, 0.25) is 0 Å². The molecule has 0 aliphatic rings. The first-order valence-electron chi connectivity index (χ1n) is 5.92. The third-order valence-electron chi connectivity index (χ3n) is 2.63. The van der Waals surface area contributed by atoms with Gasteiger partial charge in [-0.2, -0.15) is 14.6 Å². The minimum atomic E-state index is 0.480. The molecule has 0 fully saturated rings. The van der Waals surface area contributed by atoms with Crippen LogP contribution in [-0.2, 0) is 0 Å². The van der Waals surface area contributed by atoms with E-state index >= 15 is 0 Å². The van der Waals surface area contributed by atoms with Crippen LogP contribution in [0.25, 0.3) is 11.4 Å². The molecule has 3 rings (SSSR count). The summed E-state index contributed by atoms with van der Waals surface area (Å²) in [6.45, 7) is 0. The Morgan fingerprint density at radius 3 is 2.45 bits per heavy atom. The van der Waals surface area contributed by atoms with E-state index in [1.54, 1.807) is 24.3 Å². The van der Waals surface area contributed by atoms with E-state index in [0.29, 0.717) is 22.3 Å². The summed E-state index contributed by atoms with van der Waals surface area (Å²) in [5.74, 6) is 1.29. The molecule has 4 nitrogen and oxygen atoms in total. The van der Waals surface area contributed by atoms with E-state index in [2.05, 4.69) is 15.4 Å². The van der Waals surface area contributed by atoms with Crippen molar-refractivity contribution >= 4 is 11.5 Å². The molecule has 96 valence electrons. The molecule has 0 aliphatic heterocycles. The largest absolute Gasteiger partial charge is 0.430 e. The SMILES string of the molecule is N#Cc1ccc(Oc2nc(-c3ccccc3)ns2)cc1. The maximum Gasteiger partial charge on any atom is 0.299 e.